The Bertz CT molecular complexity index is 1110. The highest BCUT2D eigenvalue weighted by molar-refractivity contribution is 6.33. The Morgan fingerprint density at radius 3 is 2.31 bits per heavy atom. The van der Waals surface area contributed by atoms with Crippen LogP contribution in [0.15, 0.2) is 48.8 Å². The second kappa shape index (κ2) is 9.48. The molecule has 0 radical (unpaired) electrons. The number of amides is 2. The molecule has 1 unspecified atom stereocenters. The molecule has 32 heavy (non-hydrogen) atoms. The van der Waals surface area contributed by atoms with Gasteiger partial charge in [-0.25, -0.2) is 9.97 Å². The summed E-state index contributed by atoms with van der Waals surface area (Å²) >= 11 is 6.14. The van der Waals surface area contributed by atoms with E-state index >= 15 is 0 Å². The minimum absolute atomic E-state index is 0.173. The fourth-order valence-electron chi connectivity index (χ4n) is 2.99. The number of carbonyl (C=O) groups excluding carboxylic acids is 2. The molecule has 0 aliphatic heterocycles. The molecule has 0 saturated heterocycles. The summed E-state index contributed by atoms with van der Waals surface area (Å²) in [4.78, 5) is 34.4. The Hall–Kier alpha value is -3.26. The van der Waals surface area contributed by atoms with Gasteiger partial charge in [0.05, 0.1) is 16.3 Å². The van der Waals surface area contributed by atoms with Crippen molar-refractivity contribution in [2.45, 2.75) is 46.1 Å². The predicted molar refractivity (Wildman–Crippen MR) is 124 cm³/mol. The van der Waals surface area contributed by atoms with E-state index in [1.807, 2.05) is 34.6 Å². The lowest BCUT2D eigenvalue weighted by atomic mass is 9.92. The number of hydrogen-bond donors (Lipinski definition) is 2. The van der Waals surface area contributed by atoms with Crippen LogP contribution in [0, 0.1) is 5.92 Å². The first kappa shape index (κ1) is 23.4. The summed E-state index contributed by atoms with van der Waals surface area (Å²) in [5.74, 6) is -0.214. The maximum absolute atomic E-state index is 13.2. The molecule has 8 nitrogen and oxygen atoms in total. The van der Waals surface area contributed by atoms with Crippen LogP contribution >= 0.6 is 11.6 Å². The third-order valence-corrected chi connectivity index (χ3v) is 5.15. The van der Waals surface area contributed by atoms with Crippen molar-refractivity contribution in [2.24, 2.45) is 5.92 Å². The molecule has 1 aromatic carbocycles. The monoisotopic (exact) mass is 454 g/mol. The molecule has 2 amide bonds. The van der Waals surface area contributed by atoms with E-state index < -0.39 is 11.9 Å². The van der Waals surface area contributed by atoms with Crippen molar-refractivity contribution in [3.05, 3.63) is 65.1 Å². The zero-order chi connectivity index (χ0) is 23.5. The number of nitrogens with one attached hydrogen (secondary N) is 2. The number of rotatable bonds is 6. The van der Waals surface area contributed by atoms with Crippen molar-refractivity contribution in [3.8, 4) is 5.95 Å². The Morgan fingerprint density at radius 2 is 1.72 bits per heavy atom. The van der Waals surface area contributed by atoms with Crippen LogP contribution in [0.5, 0.6) is 0 Å². The minimum Gasteiger partial charge on any atom is -0.340 e. The second-order valence-electron chi connectivity index (χ2n) is 8.79. The zero-order valence-electron chi connectivity index (χ0n) is 18.8. The number of carbonyl (C=O) groups is 2. The van der Waals surface area contributed by atoms with Gasteiger partial charge in [-0.3, -0.25) is 9.59 Å². The molecular weight excluding hydrogens is 428 g/mol. The maximum atomic E-state index is 13.2. The van der Waals surface area contributed by atoms with Crippen LogP contribution in [0.2, 0.25) is 5.02 Å². The van der Waals surface area contributed by atoms with Gasteiger partial charge in [0.2, 0.25) is 5.91 Å². The third-order valence-electron chi connectivity index (χ3n) is 4.82. The highest BCUT2D eigenvalue weighted by Gasteiger charge is 2.28. The molecule has 2 aromatic heterocycles. The molecule has 3 aromatic rings. The van der Waals surface area contributed by atoms with Gasteiger partial charge in [-0.1, -0.05) is 58.4 Å². The van der Waals surface area contributed by atoms with E-state index in [1.165, 1.54) is 4.68 Å². The molecule has 2 heterocycles. The molecule has 168 valence electrons. The van der Waals surface area contributed by atoms with E-state index in [0.29, 0.717) is 22.4 Å². The minimum atomic E-state index is -0.795. The van der Waals surface area contributed by atoms with Gasteiger partial charge < -0.3 is 10.6 Å². The Morgan fingerprint density at radius 1 is 1.06 bits per heavy atom. The summed E-state index contributed by atoms with van der Waals surface area (Å²) in [5, 5.41) is 10.6. The molecular formula is C23H27ClN6O2. The number of benzene rings is 1. The number of halogens is 1. The first-order valence-corrected chi connectivity index (χ1v) is 10.7. The fraction of sp³-hybridized carbons (Fsp3) is 0.348. The van der Waals surface area contributed by atoms with Gasteiger partial charge in [0, 0.05) is 23.9 Å². The SMILES string of the molecule is CC(C)C(NC(=O)c1ccccc1Cl)C(=O)Nc1cc(C(C)(C)C)nn1-c1ncccn1. The van der Waals surface area contributed by atoms with E-state index in [2.05, 4.69) is 25.7 Å². The average molecular weight is 455 g/mol. The Labute approximate surface area is 192 Å². The molecule has 3 rings (SSSR count). The summed E-state index contributed by atoms with van der Waals surface area (Å²) in [6, 6.07) is 9.41. The molecule has 2 N–H and O–H groups in total. The fourth-order valence-corrected chi connectivity index (χ4v) is 3.21. The lowest BCUT2D eigenvalue weighted by molar-refractivity contribution is -0.118. The Balaban J connectivity index is 1.89. The van der Waals surface area contributed by atoms with Crippen LogP contribution < -0.4 is 10.6 Å². The van der Waals surface area contributed by atoms with Crippen molar-refractivity contribution < 1.29 is 9.59 Å². The molecule has 0 aliphatic rings. The number of aromatic nitrogens is 4. The van der Waals surface area contributed by atoms with Crippen molar-refractivity contribution >= 4 is 29.2 Å². The van der Waals surface area contributed by atoms with Gasteiger partial charge >= 0.3 is 0 Å². The highest BCUT2D eigenvalue weighted by Crippen LogP contribution is 2.25. The van der Waals surface area contributed by atoms with E-state index in [0.717, 1.165) is 5.69 Å². The normalized spacial score (nSPS) is 12.5. The van der Waals surface area contributed by atoms with Crippen LogP contribution in [-0.2, 0) is 10.2 Å². The summed E-state index contributed by atoms with van der Waals surface area (Å²) < 4.78 is 1.49. The molecule has 0 fully saturated rings. The number of hydrogen-bond acceptors (Lipinski definition) is 5. The standard InChI is InChI=1S/C23H27ClN6O2/c1-14(2)19(28-20(31)15-9-6-7-10-16(15)24)21(32)27-18-13-17(23(3,4)5)29-30(18)22-25-11-8-12-26-22/h6-14,19H,1-5H3,(H,27,32)(H,28,31). The predicted octanol–water partition coefficient (Wildman–Crippen LogP) is 4.01. The lowest BCUT2D eigenvalue weighted by Gasteiger charge is -2.22. The zero-order valence-corrected chi connectivity index (χ0v) is 19.5. The molecule has 0 bridgehead atoms. The maximum Gasteiger partial charge on any atom is 0.253 e. The van der Waals surface area contributed by atoms with Gasteiger partial charge in [-0.15, -0.1) is 0 Å². The van der Waals surface area contributed by atoms with E-state index in [-0.39, 0.29) is 17.2 Å². The summed E-state index contributed by atoms with van der Waals surface area (Å²) in [6.45, 7) is 9.79. The van der Waals surface area contributed by atoms with Gasteiger partial charge in [0.25, 0.3) is 11.9 Å². The largest absolute Gasteiger partial charge is 0.340 e. The van der Waals surface area contributed by atoms with Crippen LogP contribution in [-0.4, -0.2) is 37.6 Å². The van der Waals surface area contributed by atoms with Crippen molar-refractivity contribution in [1.82, 2.24) is 25.1 Å². The molecule has 1 atom stereocenters. The van der Waals surface area contributed by atoms with Crippen molar-refractivity contribution in [3.63, 3.8) is 0 Å². The van der Waals surface area contributed by atoms with Gasteiger partial charge in [-0.05, 0) is 24.1 Å². The van der Waals surface area contributed by atoms with Crippen LogP contribution in [0.25, 0.3) is 5.95 Å². The van der Waals surface area contributed by atoms with E-state index in [1.54, 1.807) is 48.8 Å². The topological polar surface area (TPSA) is 102 Å². The van der Waals surface area contributed by atoms with E-state index in [9.17, 15) is 9.59 Å². The van der Waals surface area contributed by atoms with Crippen LogP contribution in [0.3, 0.4) is 0 Å². The number of nitrogens with zero attached hydrogens (tertiary/aromatic N) is 4. The van der Waals surface area contributed by atoms with E-state index in [4.69, 9.17) is 11.6 Å². The molecule has 0 spiro atoms. The quantitative estimate of drug-likeness (QED) is 0.586. The molecule has 0 aliphatic carbocycles. The first-order chi connectivity index (χ1) is 15.1. The molecule has 0 saturated carbocycles. The Kier molecular flexibility index (Phi) is 6.93. The van der Waals surface area contributed by atoms with Gasteiger partial charge in [0.1, 0.15) is 11.9 Å². The van der Waals surface area contributed by atoms with Crippen LogP contribution in [0.1, 0.15) is 50.7 Å². The highest BCUT2D eigenvalue weighted by atomic mass is 35.5. The summed E-state index contributed by atoms with van der Waals surface area (Å²) in [7, 11) is 0. The van der Waals surface area contributed by atoms with Gasteiger partial charge in [-0.2, -0.15) is 9.78 Å². The summed E-state index contributed by atoms with van der Waals surface area (Å²) in [5.41, 5.74) is 0.821. The third kappa shape index (κ3) is 5.31. The van der Waals surface area contributed by atoms with Gasteiger partial charge in [0.15, 0.2) is 0 Å². The van der Waals surface area contributed by atoms with Crippen LogP contribution in [0.4, 0.5) is 5.82 Å². The molecule has 9 heteroatoms. The second-order valence-corrected chi connectivity index (χ2v) is 9.20. The van der Waals surface area contributed by atoms with Crippen molar-refractivity contribution in [2.75, 3.05) is 5.32 Å². The van der Waals surface area contributed by atoms with Crippen molar-refractivity contribution in [1.29, 1.82) is 0 Å². The smallest absolute Gasteiger partial charge is 0.253 e. The first-order valence-electron chi connectivity index (χ1n) is 10.3. The lowest BCUT2D eigenvalue weighted by Crippen LogP contribution is -2.47. The summed E-state index contributed by atoms with van der Waals surface area (Å²) in [6.07, 6.45) is 3.21. The average Bonchev–Trinajstić information content (AvgIpc) is 3.16. The number of anilines is 1.